The van der Waals surface area contributed by atoms with Crippen molar-refractivity contribution in [1.29, 1.82) is 0 Å². The second kappa shape index (κ2) is 5.30. The van der Waals surface area contributed by atoms with Gasteiger partial charge in [0.25, 0.3) is 0 Å². The second-order valence-corrected chi connectivity index (χ2v) is 5.56. The summed E-state index contributed by atoms with van der Waals surface area (Å²) in [7, 11) is 0. The van der Waals surface area contributed by atoms with Crippen molar-refractivity contribution >= 4 is 21.8 Å². The van der Waals surface area contributed by atoms with Crippen LogP contribution < -0.4 is 0 Å². The number of fused-ring (bicyclic) bond motifs is 3. The van der Waals surface area contributed by atoms with Crippen molar-refractivity contribution in [2.45, 2.75) is 0 Å². The Morgan fingerprint density at radius 2 is 1.21 bits per heavy atom. The number of hydrogen-bond acceptors (Lipinski definition) is 0. The third kappa shape index (κ3) is 2.06. The zero-order valence-corrected chi connectivity index (χ0v) is 12.8. The highest BCUT2D eigenvalue weighted by atomic mass is 19.1. The summed E-state index contributed by atoms with van der Waals surface area (Å²) in [6.45, 7) is 0. The molecule has 3 aromatic carbocycles. The number of nitrogens with zero attached hydrogens (tertiary/aromatic N) is 1. The minimum absolute atomic E-state index is 0.260. The zero-order chi connectivity index (χ0) is 16.7. The van der Waals surface area contributed by atoms with E-state index in [9.17, 15) is 4.39 Å². The third-order valence-corrected chi connectivity index (χ3v) is 4.18. The summed E-state index contributed by atoms with van der Waals surface area (Å²) in [4.78, 5) is 0. The minimum atomic E-state index is -0.260. The first-order chi connectivity index (χ1) is 11.7. The van der Waals surface area contributed by atoms with E-state index < -0.39 is 0 Å². The first kappa shape index (κ1) is 14.1. The molecule has 0 spiro atoms. The maximum Gasteiger partial charge on any atom is 0.123 e. The Kier molecular flexibility index (Phi) is 3.12. The van der Waals surface area contributed by atoms with Crippen LogP contribution in [-0.4, -0.2) is 4.57 Å². The van der Waals surface area contributed by atoms with Gasteiger partial charge in [0, 0.05) is 27.6 Å². The van der Waals surface area contributed by atoms with E-state index in [2.05, 4.69) is 16.4 Å². The molecule has 0 radical (unpaired) electrons. The third-order valence-electron chi connectivity index (χ3n) is 4.18. The number of halogens is 1. The predicted octanol–water partition coefficient (Wildman–Crippen LogP) is 4.89. The lowest BCUT2D eigenvalue weighted by Gasteiger charge is -2.07. The Morgan fingerprint density at radius 1 is 0.708 bits per heavy atom. The molecule has 0 atom stereocenters. The Labute approximate surface area is 139 Å². The molecular formula is C22H12FN. The maximum absolute atomic E-state index is 13.3. The van der Waals surface area contributed by atoms with Crippen molar-refractivity contribution < 1.29 is 4.39 Å². The summed E-state index contributed by atoms with van der Waals surface area (Å²) in [6.07, 6.45) is 11.1. The van der Waals surface area contributed by atoms with E-state index in [0.29, 0.717) is 0 Å². The summed E-state index contributed by atoms with van der Waals surface area (Å²) in [5.74, 6) is 5.08. The maximum atomic E-state index is 13.3. The quantitative estimate of drug-likeness (QED) is 0.441. The Morgan fingerprint density at radius 3 is 1.67 bits per heavy atom. The van der Waals surface area contributed by atoms with Crippen molar-refractivity contribution in [2.24, 2.45) is 0 Å². The van der Waals surface area contributed by atoms with Crippen LogP contribution in [0.1, 0.15) is 11.1 Å². The molecule has 4 rings (SSSR count). The highest BCUT2D eigenvalue weighted by Gasteiger charge is 2.13. The normalized spacial score (nSPS) is 10.6. The first-order valence-electron chi connectivity index (χ1n) is 7.48. The molecular weight excluding hydrogens is 297 g/mol. The molecule has 0 unspecified atom stereocenters. The van der Waals surface area contributed by atoms with Gasteiger partial charge in [0.15, 0.2) is 0 Å². The topological polar surface area (TPSA) is 4.93 Å². The molecule has 0 aliphatic heterocycles. The first-order valence-corrected chi connectivity index (χ1v) is 7.48. The highest BCUT2D eigenvalue weighted by molar-refractivity contribution is 6.10. The van der Waals surface area contributed by atoms with Gasteiger partial charge in [-0.2, -0.15) is 0 Å². The van der Waals surface area contributed by atoms with E-state index >= 15 is 0 Å². The van der Waals surface area contributed by atoms with Crippen molar-refractivity contribution in [3.8, 4) is 30.4 Å². The molecule has 0 amide bonds. The summed E-state index contributed by atoms with van der Waals surface area (Å²) in [5, 5.41) is 2.06. The molecule has 0 fully saturated rings. The molecule has 0 aliphatic carbocycles. The zero-order valence-electron chi connectivity index (χ0n) is 12.8. The molecule has 0 bridgehead atoms. The smallest absolute Gasteiger partial charge is 0.123 e. The van der Waals surface area contributed by atoms with Crippen LogP contribution in [0.3, 0.4) is 0 Å². The SMILES string of the molecule is C#Cc1ccc2c(c1)c1cc(C#C)ccc1n2-c1ccc(F)cc1. The molecule has 0 saturated carbocycles. The molecule has 112 valence electrons. The monoisotopic (exact) mass is 309 g/mol. The standard InChI is InChI=1S/C22H12FN/c1-3-15-5-11-21-19(13-15)20-14-16(4-2)6-12-22(20)24(21)18-9-7-17(23)8-10-18/h1-2,5-14H. The van der Waals surface area contributed by atoms with Crippen LogP contribution in [0.15, 0.2) is 60.7 Å². The van der Waals surface area contributed by atoms with Crippen LogP contribution in [0.4, 0.5) is 4.39 Å². The molecule has 1 heterocycles. The molecule has 24 heavy (non-hydrogen) atoms. The molecule has 4 aromatic rings. The van der Waals surface area contributed by atoms with Crippen molar-refractivity contribution in [3.63, 3.8) is 0 Å². The highest BCUT2D eigenvalue weighted by Crippen LogP contribution is 2.33. The van der Waals surface area contributed by atoms with Gasteiger partial charge in [-0.3, -0.25) is 0 Å². The molecule has 0 N–H and O–H groups in total. The van der Waals surface area contributed by atoms with Gasteiger partial charge in [-0.15, -0.1) is 12.8 Å². The van der Waals surface area contributed by atoms with E-state index in [4.69, 9.17) is 12.8 Å². The number of rotatable bonds is 1. The largest absolute Gasteiger partial charge is 0.309 e. The summed E-state index contributed by atoms with van der Waals surface area (Å²) in [6, 6.07) is 18.2. The number of terminal acetylenes is 2. The average Bonchev–Trinajstić information content (AvgIpc) is 2.95. The lowest BCUT2D eigenvalue weighted by molar-refractivity contribution is 0.627. The van der Waals surface area contributed by atoms with Crippen molar-refractivity contribution in [2.75, 3.05) is 0 Å². The van der Waals surface area contributed by atoms with Crippen LogP contribution in [0.5, 0.6) is 0 Å². The number of benzene rings is 3. The molecule has 0 aliphatic rings. The fraction of sp³-hybridized carbons (Fsp3) is 0. The summed E-state index contributed by atoms with van der Waals surface area (Å²) in [5.41, 5.74) is 4.52. The fourth-order valence-corrected chi connectivity index (χ4v) is 3.07. The second-order valence-electron chi connectivity index (χ2n) is 5.56. The van der Waals surface area contributed by atoms with Crippen LogP contribution in [0.25, 0.3) is 27.5 Å². The van der Waals surface area contributed by atoms with E-state index in [1.165, 1.54) is 12.1 Å². The van der Waals surface area contributed by atoms with E-state index in [1.54, 1.807) is 12.1 Å². The lowest BCUT2D eigenvalue weighted by Crippen LogP contribution is -1.93. The Balaban J connectivity index is 2.17. The number of hydrogen-bond donors (Lipinski definition) is 0. The average molecular weight is 309 g/mol. The van der Waals surface area contributed by atoms with Crippen LogP contribution in [0.2, 0.25) is 0 Å². The van der Waals surface area contributed by atoms with E-state index in [1.807, 2.05) is 36.4 Å². The van der Waals surface area contributed by atoms with Crippen molar-refractivity contribution in [1.82, 2.24) is 4.57 Å². The molecule has 1 nitrogen and oxygen atoms in total. The summed E-state index contributed by atoms with van der Waals surface area (Å²) < 4.78 is 15.4. The van der Waals surface area contributed by atoms with Crippen LogP contribution in [-0.2, 0) is 0 Å². The van der Waals surface area contributed by atoms with Gasteiger partial charge in [-0.25, -0.2) is 4.39 Å². The minimum Gasteiger partial charge on any atom is -0.309 e. The predicted molar refractivity (Wildman–Crippen MR) is 96.6 cm³/mol. The molecule has 2 heteroatoms. The van der Waals surface area contributed by atoms with Gasteiger partial charge >= 0.3 is 0 Å². The number of aromatic nitrogens is 1. The fourth-order valence-electron chi connectivity index (χ4n) is 3.07. The van der Waals surface area contributed by atoms with Gasteiger partial charge in [0.2, 0.25) is 0 Å². The van der Waals surface area contributed by atoms with E-state index in [0.717, 1.165) is 38.6 Å². The van der Waals surface area contributed by atoms with Crippen LogP contribution in [0, 0.1) is 30.5 Å². The van der Waals surface area contributed by atoms with Gasteiger partial charge in [-0.05, 0) is 60.7 Å². The molecule has 0 saturated heterocycles. The Hall–Kier alpha value is -3.49. The van der Waals surface area contributed by atoms with Gasteiger partial charge in [0.1, 0.15) is 5.82 Å². The van der Waals surface area contributed by atoms with Gasteiger partial charge in [0.05, 0.1) is 11.0 Å². The Bertz CT molecular complexity index is 1090. The lowest BCUT2D eigenvalue weighted by atomic mass is 10.1. The van der Waals surface area contributed by atoms with Crippen molar-refractivity contribution in [3.05, 3.63) is 77.6 Å². The van der Waals surface area contributed by atoms with Crippen LogP contribution >= 0.6 is 0 Å². The van der Waals surface area contributed by atoms with E-state index in [-0.39, 0.29) is 5.82 Å². The summed E-state index contributed by atoms with van der Waals surface area (Å²) >= 11 is 0. The molecule has 1 aromatic heterocycles. The van der Waals surface area contributed by atoms with Gasteiger partial charge < -0.3 is 4.57 Å². The van der Waals surface area contributed by atoms with Gasteiger partial charge in [-0.1, -0.05) is 11.8 Å².